The number of methoxy groups -OCH3 is 1. The smallest absolute Gasteiger partial charge is 0.410 e. The highest BCUT2D eigenvalue weighted by atomic mass is 19.1. The standard InChI is InChI=1S/C25H29FN4O4/c1-25(2,3)34-24(32)30-14-10-18(19(30)12-27-11-14)29-13-16-15(23(29)31)8-9-28-22(16)21-17(26)6-5-7-20(21)33-4/h5-9,14,18-19,27H,10-13H2,1-4H3. The van der Waals surface area contributed by atoms with E-state index in [1.807, 2.05) is 20.8 Å². The van der Waals surface area contributed by atoms with Gasteiger partial charge in [0.2, 0.25) is 0 Å². The summed E-state index contributed by atoms with van der Waals surface area (Å²) in [6.07, 6.45) is 1.83. The number of hydrogen-bond acceptors (Lipinski definition) is 6. The zero-order valence-electron chi connectivity index (χ0n) is 19.8. The van der Waals surface area contributed by atoms with E-state index >= 15 is 0 Å². The second-order valence-corrected chi connectivity index (χ2v) is 10.0. The monoisotopic (exact) mass is 468 g/mol. The molecule has 180 valence electrons. The van der Waals surface area contributed by atoms with Crippen molar-refractivity contribution in [3.05, 3.63) is 47.4 Å². The number of halogens is 1. The van der Waals surface area contributed by atoms with Gasteiger partial charge in [-0.15, -0.1) is 0 Å². The van der Waals surface area contributed by atoms with E-state index in [4.69, 9.17) is 9.47 Å². The Hall–Kier alpha value is -3.20. The van der Waals surface area contributed by atoms with Gasteiger partial charge in [-0.1, -0.05) is 6.07 Å². The number of fused-ring (bicyclic) bond motifs is 3. The molecular weight excluding hydrogens is 439 g/mol. The minimum Gasteiger partial charge on any atom is -0.496 e. The van der Waals surface area contributed by atoms with Crippen LogP contribution in [0.1, 0.15) is 43.1 Å². The third kappa shape index (κ3) is 3.68. The van der Waals surface area contributed by atoms with Gasteiger partial charge in [0.25, 0.3) is 5.91 Å². The molecule has 1 aromatic heterocycles. The van der Waals surface area contributed by atoms with E-state index in [1.165, 1.54) is 19.4 Å². The lowest BCUT2D eigenvalue weighted by Crippen LogP contribution is -2.58. The summed E-state index contributed by atoms with van der Waals surface area (Å²) in [4.78, 5) is 34.5. The normalized spacial score (nSPS) is 23.8. The molecule has 0 spiro atoms. The van der Waals surface area contributed by atoms with E-state index in [0.29, 0.717) is 48.6 Å². The lowest BCUT2D eigenvalue weighted by Gasteiger charge is -2.38. The number of benzene rings is 1. The Labute approximate surface area is 198 Å². The van der Waals surface area contributed by atoms with Crippen LogP contribution in [0.3, 0.4) is 0 Å². The number of nitrogens with one attached hydrogen (secondary N) is 1. The van der Waals surface area contributed by atoms with E-state index in [0.717, 1.165) is 0 Å². The zero-order valence-corrected chi connectivity index (χ0v) is 19.8. The number of ether oxygens (including phenoxy) is 2. The van der Waals surface area contributed by atoms with Gasteiger partial charge in [-0.25, -0.2) is 9.18 Å². The average molecular weight is 469 g/mol. The average Bonchev–Trinajstić information content (AvgIpc) is 3.23. The molecule has 2 amide bonds. The van der Waals surface area contributed by atoms with E-state index in [2.05, 4.69) is 10.3 Å². The number of carbonyl (C=O) groups is 2. The molecular formula is C25H29FN4O4. The van der Waals surface area contributed by atoms with Gasteiger partial charge in [0.1, 0.15) is 17.2 Å². The van der Waals surface area contributed by atoms with Crippen LogP contribution in [0.4, 0.5) is 9.18 Å². The Morgan fingerprint density at radius 2 is 2.00 bits per heavy atom. The zero-order chi connectivity index (χ0) is 24.2. The van der Waals surface area contributed by atoms with Crippen molar-refractivity contribution in [2.45, 2.75) is 57.5 Å². The summed E-state index contributed by atoms with van der Waals surface area (Å²) in [5.74, 6) is -0.220. The minimum atomic E-state index is -0.601. The lowest BCUT2D eigenvalue weighted by molar-refractivity contribution is 0.00614. The summed E-state index contributed by atoms with van der Waals surface area (Å²) in [6, 6.07) is 5.86. The molecule has 0 aliphatic carbocycles. The van der Waals surface area contributed by atoms with Gasteiger partial charge >= 0.3 is 6.09 Å². The molecule has 3 aliphatic heterocycles. The van der Waals surface area contributed by atoms with Gasteiger partial charge in [-0.2, -0.15) is 0 Å². The molecule has 9 heteroatoms. The number of amides is 2. The fourth-order valence-electron chi connectivity index (χ4n) is 5.39. The second kappa shape index (κ2) is 8.23. The van der Waals surface area contributed by atoms with E-state index in [1.54, 1.807) is 28.0 Å². The molecule has 1 N–H and O–H groups in total. The molecule has 1 aromatic carbocycles. The number of nitrogens with zero attached hydrogens (tertiary/aromatic N) is 3. The van der Waals surface area contributed by atoms with Gasteiger partial charge in [0, 0.05) is 43.0 Å². The third-order valence-corrected chi connectivity index (χ3v) is 6.75. The van der Waals surface area contributed by atoms with Gasteiger partial charge in [0.15, 0.2) is 0 Å². The maximum absolute atomic E-state index is 14.9. The Balaban J connectivity index is 1.47. The van der Waals surface area contributed by atoms with E-state index < -0.39 is 11.4 Å². The van der Waals surface area contributed by atoms with Gasteiger partial charge in [0.05, 0.1) is 30.5 Å². The Morgan fingerprint density at radius 1 is 1.21 bits per heavy atom. The van der Waals surface area contributed by atoms with Crippen molar-refractivity contribution in [3.8, 4) is 17.0 Å². The number of pyridine rings is 1. The molecule has 3 atom stereocenters. The predicted molar refractivity (Wildman–Crippen MR) is 123 cm³/mol. The van der Waals surface area contributed by atoms with E-state index in [9.17, 15) is 14.0 Å². The first-order valence-corrected chi connectivity index (χ1v) is 11.5. The summed E-state index contributed by atoms with van der Waals surface area (Å²) < 4.78 is 25.9. The maximum atomic E-state index is 14.9. The fourth-order valence-corrected chi connectivity index (χ4v) is 5.39. The van der Waals surface area contributed by atoms with Gasteiger partial charge in [-0.05, 0) is 45.4 Å². The number of aromatic nitrogens is 1. The second-order valence-electron chi connectivity index (χ2n) is 10.0. The first-order chi connectivity index (χ1) is 16.2. The van der Waals surface area contributed by atoms with Crippen molar-refractivity contribution in [3.63, 3.8) is 0 Å². The van der Waals surface area contributed by atoms with Crippen molar-refractivity contribution in [2.75, 3.05) is 20.2 Å². The fraction of sp³-hybridized carbons (Fsp3) is 0.480. The molecule has 2 saturated heterocycles. The highest BCUT2D eigenvalue weighted by molar-refractivity contribution is 6.00. The van der Waals surface area contributed by atoms with Crippen LogP contribution in [0.15, 0.2) is 30.5 Å². The number of hydrogen-bond donors (Lipinski definition) is 1. The van der Waals surface area contributed by atoms with Crippen LogP contribution in [-0.4, -0.2) is 70.7 Å². The highest BCUT2D eigenvalue weighted by Crippen LogP contribution is 2.41. The summed E-state index contributed by atoms with van der Waals surface area (Å²) >= 11 is 0. The first-order valence-electron chi connectivity index (χ1n) is 11.5. The molecule has 34 heavy (non-hydrogen) atoms. The summed E-state index contributed by atoms with van der Waals surface area (Å²) in [5.41, 5.74) is 1.24. The molecule has 3 unspecified atom stereocenters. The molecule has 0 saturated carbocycles. The van der Waals surface area contributed by atoms with Crippen molar-refractivity contribution in [1.82, 2.24) is 20.1 Å². The molecule has 8 nitrogen and oxygen atoms in total. The van der Waals surface area contributed by atoms with Crippen LogP contribution in [-0.2, 0) is 11.3 Å². The topological polar surface area (TPSA) is 84.0 Å². The molecule has 3 aliphatic rings. The Kier molecular flexibility index (Phi) is 5.47. The lowest BCUT2D eigenvalue weighted by atomic mass is 10.0. The largest absolute Gasteiger partial charge is 0.496 e. The molecule has 4 heterocycles. The summed E-state index contributed by atoms with van der Waals surface area (Å²) in [6.45, 7) is 7.06. The first kappa shape index (κ1) is 22.6. The Bertz CT molecular complexity index is 1150. The molecule has 5 rings (SSSR count). The quantitative estimate of drug-likeness (QED) is 0.745. The van der Waals surface area contributed by atoms with Crippen molar-refractivity contribution >= 4 is 12.0 Å². The van der Waals surface area contributed by atoms with Crippen LogP contribution in [0, 0.1) is 5.82 Å². The molecule has 0 radical (unpaired) electrons. The van der Waals surface area contributed by atoms with Crippen molar-refractivity contribution < 1.29 is 23.5 Å². The molecule has 2 bridgehead atoms. The predicted octanol–water partition coefficient (Wildman–Crippen LogP) is 3.20. The van der Waals surface area contributed by atoms with Crippen LogP contribution in [0.25, 0.3) is 11.3 Å². The van der Waals surface area contributed by atoms with Gasteiger partial charge in [-0.3, -0.25) is 14.7 Å². The number of piperazine rings is 1. The maximum Gasteiger partial charge on any atom is 0.410 e. The Morgan fingerprint density at radius 3 is 2.74 bits per heavy atom. The number of carbonyl (C=O) groups excluding carboxylic acids is 2. The van der Waals surface area contributed by atoms with Crippen molar-refractivity contribution in [1.29, 1.82) is 0 Å². The van der Waals surface area contributed by atoms with Crippen LogP contribution in [0.5, 0.6) is 5.75 Å². The van der Waals surface area contributed by atoms with Crippen LogP contribution in [0.2, 0.25) is 0 Å². The highest BCUT2D eigenvalue weighted by Gasteiger charge is 2.52. The third-order valence-electron chi connectivity index (χ3n) is 6.75. The van der Waals surface area contributed by atoms with Gasteiger partial charge < -0.3 is 19.7 Å². The molecule has 2 aromatic rings. The minimum absolute atomic E-state index is 0.0561. The van der Waals surface area contributed by atoms with Crippen LogP contribution >= 0.6 is 0 Å². The van der Waals surface area contributed by atoms with Crippen molar-refractivity contribution in [2.24, 2.45) is 0 Å². The SMILES string of the molecule is COc1cccc(F)c1-c1nccc2c1CN(C1CC3CNCC1N3C(=O)OC(C)(C)C)C2=O. The summed E-state index contributed by atoms with van der Waals surface area (Å²) in [7, 11) is 1.48. The number of rotatable bonds is 3. The molecule has 2 fully saturated rings. The summed E-state index contributed by atoms with van der Waals surface area (Å²) in [5, 5.41) is 3.38. The van der Waals surface area contributed by atoms with Crippen LogP contribution < -0.4 is 10.1 Å². The van der Waals surface area contributed by atoms with E-state index in [-0.39, 0.29) is 35.7 Å².